The summed E-state index contributed by atoms with van der Waals surface area (Å²) in [5, 5.41) is 12.1. The van der Waals surface area contributed by atoms with Crippen molar-refractivity contribution < 1.29 is 17.6 Å². The number of halogens is 4. The average Bonchev–Trinajstić information content (AvgIpc) is 3.36. The molecule has 0 saturated carbocycles. The smallest absolute Gasteiger partial charge is 0.394 e. The number of aryl methyl sites for hydroxylation is 1. The van der Waals surface area contributed by atoms with Crippen LogP contribution in [0.4, 0.5) is 29.1 Å². The summed E-state index contributed by atoms with van der Waals surface area (Å²) in [4.78, 5) is 6.37. The number of thioether (sulfide) groups is 1. The van der Waals surface area contributed by atoms with Crippen molar-refractivity contribution in [3.05, 3.63) is 72.7 Å². The second kappa shape index (κ2) is 16.3. The first kappa shape index (κ1) is 34.7. The van der Waals surface area contributed by atoms with Gasteiger partial charge in [0.05, 0.1) is 23.7 Å². The molecule has 0 amide bonds. The molecular weight excluding hydrogens is 590 g/mol. The predicted molar refractivity (Wildman–Crippen MR) is 175 cm³/mol. The number of hydrogen-bond donors (Lipinski definition) is 4. The van der Waals surface area contributed by atoms with E-state index in [2.05, 4.69) is 51.2 Å². The number of nitrogens with zero attached hydrogens (tertiary/aromatic N) is 3. The Bertz CT molecular complexity index is 1470. The molecule has 1 aliphatic heterocycles. The summed E-state index contributed by atoms with van der Waals surface area (Å²) in [6.45, 7) is 13.4. The molecule has 1 aliphatic rings. The van der Waals surface area contributed by atoms with Gasteiger partial charge in [0.2, 0.25) is 0 Å². The van der Waals surface area contributed by atoms with Crippen LogP contribution in [0.5, 0.6) is 0 Å². The van der Waals surface area contributed by atoms with Crippen LogP contribution >= 0.6 is 11.8 Å². The van der Waals surface area contributed by atoms with E-state index in [1.807, 2.05) is 44.0 Å². The molecule has 44 heavy (non-hydrogen) atoms. The van der Waals surface area contributed by atoms with E-state index in [0.29, 0.717) is 24.3 Å². The molecule has 238 valence electrons. The number of rotatable bonds is 10. The van der Waals surface area contributed by atoms with Gasteiger partial charge in [0.15, 0.2) is 5.82 Å². The van der Waals surface area contributed by atoms with Gasteiger partial charge in [0, 0.05) is 62.7 Å². The molecule has 3 aromatic rings. The highest BCUT2D eigenvalue weighted by molar-refractivity contribution is 8.00. The van der Waals surface area contributed by atoms with Crippen LogP contribution < -0.4 is 21.3 Å². The van der Waals surface area contributed by atoms with Gasteiger partial charge in [0.25, 0.3) is 0 Å². The fourth-order valence-electron chi connectivity index (χ4n) is 4.75. The van der Waals surface area contributed by atoms with Crippen LogP contribution in [-0.2, 0) is 6.42 Å². The summed E-state index contributed by atoms with van der Waals surface area (Å²) in [6, 6.07) is 7.09. The molecule has 4 N–H and O–H groups in total. The highest BCUT2D eigenvalue weighted by Gasteiger charge is 2.33. The second-order valence-corrected chi connectivity index (χ2v) is 11.0. The first-order valence-electron chi connectivity index (χ1n) is 14.4. The van der Waals surface area contributed by atoms with E-state index in [-0.39, 0.29) is 28.9 Å². The number of hydrogen-bond acceptors (Lipinski definition) is 7. The van der Waals surface area contributed by atoms with Gasteiger partial charge in [-0.05, 0) is 48.8 Å². The summed E-state index contributed by atoms with van der Waals surface area (Å²) in [5.41, 5.74) is -0.171. The molecule has 7 nitrogen and oxygen atoms in total. The van der Waals surface area contributed by atoms with E-state index < -0.39 is 17.7 Å². The van der Waals surface area contributed by atoms with Crippen LogP contribution in [0, 0.1) is 11.8 Å². The van der Waals surface area contributed by atoms with Gasteiger partial charge >= 0.3 is 5.51 Å². The number of benzene rings is 1. The molecule has 1 fully saturated rings. The lowest BCUT2D eigenvalue weighted by molar-refractivity contribution is -0.0329. The maximum absolute atomic E-state index is 14.8. The van der Waals surface area contributed by atoms with E-state index in [0.717, 1.165) is 42.0 Å². The first-order valence-corrected chi connectivity index (χ1v) is 15.3. The zero-order chi connectivity index (χ0) is 32.3. The Morgan fingerprint density at radius 2 is 1.98 bits per heavy atom. The Morgan fingerprint density at radius 3 is 2.59 bits per heavy atom. The Labute approximate surface area is 261 Å². The maximum atomic E-state index is 14.8. The molecule has 3 heterocycles. The number of piperidine rings is 1. The number of fused-ring (bicyclic) bond motifs is 1. The number of alkyl halides is 4. The van der Waals surface area contributed by atoms with Crippen LogP contribution in [0.2, 0.25) is 0 Å². The molecule has 12 heteroatoms. The molecular formula is C32H41F4N7S. The van der Waals surface area contributed by atoms with Crippen LogP contribution in [0.3, 0.4) is 0 Å². The fourth-order valence-corrected chi connectivity index (χ4v) is 5.44. The maximum Gasteiger partial charge on any atom is 0.447 e. The molecule has 2 aromatic heterocycles. The molecule has 0 bridgehead atoms. The van der Waals surface area contributed by atoms with E-state index in [1.165, 1.54) is 16.8 Å². The molecule has 0 radical (unpaired) electrons. The lowest BCUT2D eigenvalue weighted by Gasteiger charge is -2.34. The standard InChI is InChI=1S/C29H34F4N6S.C3H7N/c1-5-20-9-10-21(19(3)34-4)16-25(20)35-12-7-8-22-17-26-27(37-24-11-14-38(6-2)18-23(24)30)36-13-15-39(26)28(22)40-29(31,32)33;1-3-4-2/h9-10,13,15-17,23-24,34-35H,3,5-6,11-12,14,18H2,1-2,4H3,(H,36,37);3-4H,1H2,2H3. The van der Waals surface area contributed by atoms with Crippen molar-refractivity contribution >= 4 is 34.5 Å². The summed E-state index contributed by atoms with van der Waals surface area (Å²) >= 11 is -0.223. The van der Waals surface area contributed by atoms with E-state index in [4.69, 9.17) is 0 Å². The highest BCUT2D eigenvalue weighted by atomic mass is 32.2. The van der Waals surface area contributed by atoms with Crippen molar-refractivity contribution in [1.82, 2.24) is 24.9 Å². The summed E-state index contributed by atoms with van der Waals surface area (Å²) in [5.74, 6) is 6.22. The van der Waals surface area contributed by atoms with Gasteiger partial charge < -0.3 is 30.6 Å². The average molecular weight is 632 g/mol. The second-order valence-electron chi connectivity index (χ2n) is 9.99. The SMILES string of the molecule is C=C(NC)c1ccc(CC)c(NCC#Cc2cc3c(NC4CCN(CC)CC4F)nccn3c2SC(F)(F)F)c1.C=CNC. The topological polar surface area (TPSA) is 68.7 Å². The molecule has 0 spiro atoms. The van der Waals surface area contributed by atoms with Crippen molar-refractivity contribution in [2.24, 2.45) is 0 Å². The molecule has 2 atom stereocenters. The van der Waals surface area contributed by atoms with E-state index in [1.54, 1.807) is 19.3 Å². The largest absolute Gasteiger partial charge is 0.447 e. The molecule has 0 aliphatic carbocycles. The Morgan fingerprint density at radius 1 is 1.23 bits per heavy atom. The summed E-state index contributed by atoms with van der Waals surface area (Å²) < 4.78 is 56.9. The monoisotopic (exact) mass is 631 g/mol. The van der Waals surface area contributed by atoms with Crippen LogP contribution in [-0.4, -0.2) is 72.3 Å². The fraction of sp³-hybridized carbons (Fsp3) is 0.406. The van der Waals surface area contributed by atoms with Gasteiger partial charge in [-0.25, -0.2) is 9.37 Å². The minimum absolute atomic E-state index is 0.0559. The van der Waals surface area contributed by atoms with E-state index >= 15 is 0 Å². The molecule has 1 saturated heterocycles. The van der Waals surface area contributed by atoms with Gasteiger partial charge in [-0.2, -0.15) is 13.2 Å². The third-order valence-corrected chi connectivity index (χ3v) is 8.04. The summed E-state index contributed by atoms with van der Waals surface area (Å²) in [7, 11) is 3.61. The van der Waals surface area contributed by atoms with Crippen LogP contribution in [0.1, 0.15) is 37.0 Å². The number of aromatic nitrogens is 2. The summed E-state index contributed by atoms with van der Waals surface area (Å²) in [6.07, 6.45) is 4.78. The van der Waals surface area contributed by atoms with Crippen molar-refractivity contribution in [2.75, 3.05) is 50.9 Å². The van der Waals surface area contributed by atoms with Gasteiger partial charge in [-0.1, -0.05) is 51.0 Å². The third kappa shape index (κ3) is 9.34. The molecule has 4 rings (SSSR count). The number of nitrogens with one attached hydrogen (secondary N) is 4. The van der Waals surface area contributed by atoms with Crippen LogP contribution in [0.25, 0.3) is 11.2 Å². The zero-order valence-electron chi connectivity index (χ0n) is 25.6. The number of likely N-dealkylation sites (tertiary alicyclic amines) is 1. The Hall–Kier alpha value is -3.82. The Kier molecular flexibility index (Phi) is 12.8. The Balaban J connectivity index is 0.00000124. The zero-order valence-corrected chi connectivity index (χ0v) is 26.4. The lowest BCUT2D eigenvalue weighted by atomic mass is 10.0. The highest BCUT2D eigenvalue weighted by Crippen LogP contribution is 2.40. The van der Waals surface area contributed by atoms with Gasteiger partial charge in [-0.15, -0.1) is 0 Å². The van der Waals surface area contributed by atoms with Crippen molar-refractivity contribution in [2.45, 2.75) is 49.4 Å². The predicted octanol–water partition coefficient (Wildman–Crippen LogP) is 6.36. The number of anilines is 2. The minimum atomic E-state index is -4.51. The third-order valence-electron chi connectivity index (χ3n) is 7.19. The molecule has 1 aromatic carbocycles. The van der Waals surface area contributed by atoms with E-state index in [9.17, 15) is 17.6 Å². The van der Waals surface area contributed by atoms with Crippen molar-refractivity contribution in [3.63, 3.8) is 0 Å². The van der Waals surface area contributed by atoms with Crippen molar-refractivity contribution in [3.8, 4) is 11.8 Å². The van der Waals surface area contributed by atoms with Crippen molar-refractivity contribution in [1.29, 1.82) is 0 Å². The van der Waals surface area contributed by atoms with Crippen LogP contribution in [0.15, 0.2) is 61.0 Å². The van der Waals surface area contributed by atoms with Gasteiger partial charge in [0.1, 0.15) is 11.2 Å². The quantitative estimate of drug-likeness (QED) is 0.118. The minimum Gasteiger partial charge on any atom is -0.394 e. The first-order chi connectivity index (χ1) is 21.0. The normalized spacial score (nSPS) is 16.6. The van der Waals surface area contributed by atoms with Gasteiger partial charge in [-0.3, -0.25) is 0 Å². The molecule has 2 unspecified atom stereocenters. The lowest BCUT2D eigenvalue weighted by Crippen LogP contribution is -2.47.